The summed E-state index contributed by atoms with van der Waals surface area (Å²) in [7, 11) is 1.55. The Morgan fingerprint density at radius 2 is 2.27 bits per heavy atom. The Morgan fingerprint density at radius 1 is 1.53 bits per heavy atom. The molecule has 1 saturated carbocycles. The Balaban J connectivity index is 2.28. The lowest BCUT2D eigenvalue weighted by Gasteiger charge is -2.09. The summed E-state index contributed by atoms with van der Waals surface area (Å²) in [6.07, 6.45) is 2.23. The molecule has 0 spiro atoms. The molecular formula is C10H12N2O3. The van der Waals surface area contributed by atoms with Gasteiger partial charge >= 0.3 is 0 Å². The minimum absolute atomic E-state index is 0.0824. The van der Waals surface area contributed by atoms with Gasteiger partial charge in [-0.25, -0.2) is 0 Å². The number of rotatable bonds is 4. The molecule has 2 rings (SSSR count). The van der Waals surface area contributed by atoms with Crippen LogP contribution in [-0.2, 0) is 0 Å². The number of hydrogen-bond donors (Lipinski definition) is 1. The fraction of sp³-hybridized carbons (Fsp3) is 0.400. The van der Waals surface area contributed by atoms with Gasteiger partial charge in [0.15, 0.2) is 0 Å². The van der Waals surface area contributed by atoms with E-state index >= 15 is 0 Å². The lowest BCUT2D eigenvalue weighted by molar-refractivity contribution is -0.384. The topological polar surface area (TPSA) is 64.4 Å². The first-order valence-electron chi connectivity index (χ1n) is 4.79. The van der Waals surface area contributed by atoms with Crippen molar-refractivity contribution in [2.75, 3.05) is 12.4 Å². The zero-order valence-electron chi connectivity index (χ0n) is 8.40. The number of anilines is 1. The van der Waals surface area contributed by atoms with Gasteiger partial charge in [-0.1, -0.05) is 0 Å². The molecule has 80 valence electrons. The highest BCUT2D eigenvalue weighted by molar-refractivity contribution is 5.62. The van der Waals surface area contributed by atoms with Crippen LogP contribution >= 0.6 is 0 Å². The fourth-order valence-electron chi connectivity index (χ4n) is 1.37. The highest BCUT2D eigenvalue weighted by Gasteiger charge is 2.23. The van der Waals surface area contributed by atoms with E-state index in [1.807, 2.05) is 0 Å². The number of benzene rings is 1. The van der Waals surface area contributed by atoms with Crippen LogP contribution in [0.25, 0.3) is 0 Å². The van der Waals surface area contributed by atoms with Gasteiger partial charge in [0.25, 0.3) is 5.69 Å². The summed E-state index contributed by atoms with van der Waals surface area (Å²) in [6.45, 7) is 0. The highest BCUT2D eigenvalue weighted by Crippen LogP contribution is 2.33. The standard InChI is InChI=1S/C10H12N2O3/c1-15-10-5-4-8(12(13)14)6-9(10)11-7-2-3-7/h4-7,11H,2-3H2,1H3. The number of methoxy groups -OCH3 is 1. The summed E-state index contributed by atoms with van der Waals surface area (Å²) >= 11 is 0. The molecule has 5 heteroatoms. The maximum Gasteiger partial charge on any atom is 0.271 e. The predicted molar refractivity (Wildman–Crippen MR) is 56.3 cm³/mol. The summed E-state index contributed by atoms with van der Waals surface area (Å²) in [5.41, 5.74) is 0.785. The van der Waals surface area contributed by atoms with Crippen molar-refractivity contribution in [1.29, 1.82) is 0 Å². The lowest BCUT2D eigenvalue weighted by atomic mass is 10.2. The first-order chi connectivity index (χ1) is 7.20. The van der Waals surface area contributed by atoms with Crippen LogP contribution in [0, 0.1) is 10.1 Å². The van der Waals surface area contributed by atoms with E-state index in [2.05, 4.69) is 5.32 Å². The Hall–Kier alpha value is -1.78. The summed E-state index contributed by atoms with van der Waals surface area (Å²) in [6, 6.07) is 5.01. The first-order valence-corrected chi connectivity index (χ1v) is 4.79. The Kier molecular flexibility index (Phi) is 2.45. The van der Waals surface area contributed by atoms with Crippen molar-refractivity contribution in [2.24, 2.45) is 0 Å². The quantitative estimate of drug-likeness (QED) is 0.608. The number of nitro benzene ring substituents is 1. The summed E-state index contributed by atoms with van der Waals surface area (Å²) in [5, 5.41) is 13.8. The minimum atomic E-state index is -0.405. The van der Waals surface area contributed by atoms with Crippen molar-refractivity contribution in [3.8, 4) is 5.75 Å². The van der Waals surface area contributed by atoms with Crippen LogP contribution in [0.4, 0.5) is 11.4 Å². The smallest absolute Gasteiger partial charge is 0.271 e. The number of hydrogen-bond acceptors (Lipinski definition) is 4. The maximum absolute atomic E-state index is 10.6. The molecule has 0 heterocycles. The van der Waals surface area contributed by atoms with E-state index in [-0.39, 0.29) is 5.69 Å². The number of nitrogens with zero attached hydrogens (tertiary/aromatic N) is 1. The molecule has 0 amide bonds. The summed E-state index contributed by atoms with van der Waals surface area (Å²) in [4.78, 5) is 10.2. The van der Waals surface area contributed by atoms with Gasteiger partial charge in [-0.15, -0.1) is 0 Å². The number of nitro groups is 1. The van der Waals surface area contributed by atoms with Gasteiger partial charge in [-0.2, -0.15) is 0 Å². The van der Waals surface area contributed by atoms with Crippen molar-refractivity contribution in [3.05, 3.63) is 28.3 Å². The Bertz CT molecular complexity index is 388. The third-order valence-corrected chi connectivity index (χ3v) is 2.33. The van der Waals surface area contributed by atoms with E-state index in [4.69, 9.17) is 4.74 Å². The van der Waals surface area contributed by atoms with E-state index in [1.54, 1.807) is 13.2 Å². The molecule has 1 aromatic carbocycles. The van der Waals surface area contributed by atoms with Gasteiger partial charge in [0.1, 0.15) is 5.75 Å². The van der Waals surface area contributed by atoms with Gasteiger partial charge in [0.05, 0.1) is 17.7 Å². The van der Waals surface area contributed by atoms with E-state index in [0.717, 1.165) is 12.8 Å². The molecule has 0 aliphatic heterocycles. The van der Waals surface area contributed by atoms with Crippen LogP contribution in [0.5, 0.6) is 5.75 Å². The molecule has 1 aromatic rings. The molecule has 0 aromatic heterocycles. The normalized spacial score (nSPS) is 14.7. The summed E-state index contributed by atoms with van der Waals surface area (Å²) < 4.78 is 5.12. The van der Waals surface area contributed by atoms with Crippen LogP contribution in [0.1, 0.15) is 12.8 Å². The molecule has 1 fully saturated rings. The number of non-ortho nitro benzene ring substituents is 1. The third kappa shape index (κ3) is 2.18. The first kappa shape index (κ1) is 9.76. The van der Waals surface area contributed by atoms with Gasteiger partial charge in [0, 0.05) is 18.2 Å². The maximum atomic E-state index is 10.6. The van der Waals surface area contributed by atoms with Crippen LogP contribution in [0.2, 0.25) is 0 Å². The zero-order chi connectivity index (χ0) is 10.8. The largest absolute Gasteiger partial charge is 0.495 e. The second-order valence-corrected chi connectivity index (χ2v) is 3.56. The van der Waals surface area contributed by atoms with Crippen molar-refractivity contribution >= 4 is 11.4 Å². The summed E-state index contributed by atoms with van der Waals surface area (Å²) in [5.74, 6) is 0.646. The molecule has 0 saturated heterocycles. The van der Waals surface area contributed by atoms with Crippen molar-refractivity contribution < 1.29 is 9.66 Å². The lowest BCUT2D eigenvalue weighted by Crippen LogP contribution is -2.03. The van der Waals surface area contributed by atoms with Crippen LogP contribution in [-0.4, -0.2) is 18.1 Å². The average Bonchev–Trinajstić information content (AvgIpc) is 3.01. The molecule has 15 heavy (non-hydrogen) atoms. The molecule has 0 atom stereocenters. The van der Waals surface area contributed by atoms with Gasteiger partial charge in [0.2, 0.25) is 0 Å². The van der Waals surface area contributed by atoms with Gasteiger partial charge in [-0.05, 0) is 18.9 Å². The van der Waals surface area contributed by atoms with Gasteiger partial charge < -0.3 is 10.1 Å². The highest BCUT2D eigenvalue weighted by atomic mass is 16.6. The van der Waals surface area contributed by atoms with E-state index < -0.39 is 4.92 Å². The molecule has 1 aliphatic rings. The molecule has 1 N–H and O–H groups in total. The third-order valence-electron chi connectivity index (χ3n) is 2.33. The van der Waals surface area contributed by atoms with E-state index in [9.17, 15) is 10.1 Å². The van der Waals surface area contributed by atoms with Crippen LogP contribution < -0.4 is 10.1 Å². The molecule has 0 bridgehead atoms. The molecule has 0 radical (unpaired) electrons. The number of nitrogens with one attached hydrogen (secondary N) is 1. The van der Waals surface area contributed by atoms with E-state index in [1.165, 1.54) is 12.1 Å². The molecular weight excluding hydrogens is 196 g/mol. The minimum Gasteiger partial charge on any atom is -0.495 e. The molecule has 0 unspecified atom stereocenters. The van der Waals surface area contributed by atoms with Crippen molar-refractivity contribution in [2.45, 2.75) is 18.9 Å². The van der Waals surface area contributed by atoms with Crippen LogP contribution in [0.15, 0.2) is 18.2 Å². The molecule has 5 nitrogen and oxygen atoms in total. The monoisotopic (exact) mass is 208 g/mol. The number of ether oxygens (including phenoxy) is 1. The average molecular weight is 208 g/mol. The second-order valence-electron chi connectivity index (χ2n) is 3.56. The fourth-order valence-corrected chi connectivity index (χ4v) is 1.37. The van der Waals surface area contributed by atoms with Gasteiger partial charge in [-0.3, -0.25) is 10.1 Å². The predicted octanol–water partition coefficient (Wildman–Crippen LogP) is 2.18. The Labute approximate surface area is 87.2 Å². The van der Waals surface area contributed by atoms with Crippen molar-refractivity contribution in [3.63, 3.8) is 0 Å². The van der Waals surface area contributed by atoms with E-state index in [0.29, 0.717) is 17.5 Å². The van der Waals surface area contributed by atoms with Crippen LogP contribution in [0.3, 0.4) is 0 Å². The zero-order valence-corrected chi connectivity index (χ0v) is 8.40. The van der Waals surface area contributed by atoms with Crippen molar-refractivity contribution in [1.82, 2.24) is 0 Å². The SMILES string of the molecule is COc1ccc([N+](=O)[O-])cc1NC1CC1. The Morgan fingerprint density at radius 3 is 2.80 bits per heavy atom. The molecule has 1 aliphatic carbocycles. The second kappa shape index (κ2) is 3.76.